The van der Waals surface area contributed by atoms with Gasteiger partial charge in [0.1, 0.15) is 24.0 Å². The molecule has 144 valence electrons. The van der Waals surface area contributed by atoms with Gasteiger partial charge in [-0.3, -0.25) is 4.79 Å². The van der Waals surface area contributed by atoms with Gasteiger partial charge in [-0.2, -0.15) is 4.98 Å². The second kappa shape index (κ2) is 9.21. The Hall–Kier alpha value is -2.83. The summed E-state index contributed by atoms with van der Waals surface area (Å²) in [5.74, 6) is 2.85. The molecule has 7 nitrogen and oxygen atoms in total. The van der Waals surface area contributed by atoms with Crippen LogP contribution in [0.1, 0.15) is 24.2 Å². The van der Waals surface area contributed by atoms with Crippen molar-refractivity contribution in [2.75, 3.05) is 38.3 Å². The second-order valence-electron chi connectivity index (χ2n) is 6.53. The molecule has 3 rings (SSSR count). The summed E-state index contributed by atoms with van der Waals surface area (Å²) in [4.78, 5) is 23.1. The van der Waals surface area contributed by atoms with Crippen LogP contribution >= 0.6 is 0 Å². The van der Waals surface area contributed by atoms with Crippen LogP contribution in [-0.2, 0) is 11.2 Å². The van der Waals surface area contributed by atoms with E-state index in [4.69, 9.17) is 9.47 Å². The number of amides is 1. The van der Waals surface area contributed by atoms with Gasteiger partial charge in [0.05, 0.1) is 20.1 Å². The molecule has 1 N–H and O–H groups in total. The van der Waals surface area contributed by atoms with Crippen molar-refractivity contribution in [2.45, 2.75) is 26.2 Å². The highest BCUT2D eigenvalue weighted by molar-refractivity contribution is 5.78. The first kappa shape index (κ1) is 18.9. The molecule has 1 aliphatic heterocycles. The molecule has 2 heterocycles. The lowest BCUT2D eigenvalue weighted by atomic mass is 10.1. The number of nitrogens with zero attached hydrogens (tertiary/aromatic N) is 3. The predicted molar refractivity (Wildman–Crippen MR) is 103 cm³/mol. The molecule has 0 bridgehead atoms. The molecule has 7 heteroatoms. The van der Waals surface area contributed by atoms with Gasteiger partial charge in [0, 0.05) is 19.2 Å². The van der Waals surface area contributed by atoms with Crippen LogP contribution in [-0.4, -0.2) is 49.2 Å². The van der Waals surface area contributed by atoms with E-state index in [1.165, 1.54) is 12.8 Å². The first-order chi connectivity index (χ1) is 13.1. The number of ether oxygens (including phenoxy) is 2. The third-order valence-electron chi connectivity index (χ3n) is 4.40. The van der Waals surface area contributed by atoms with Crippen molar-refractivity contribution in [1.29, 1.82) is 0 Å². The number of nitrogens with one attached hydrogen (secondary N) is 1. The van der Waals surface area contributed by atoms with Gasteiger partial charge in [0.25, 0.3) is 0 Å². The first-order valence-corrected chi connectivity index (χ1v) is 9.27. The number of hydrogen-bond donors (Lipinski definition) is 1. The maximum absolute atomic E-state index is 12.1. The number of aryl methyl sites for hydroxylation is 1. The zero-order valence-electron chi connectivity index (χ0n) is 15.9. The fraction of sp³-hybridized carbons (Fsp3) is 0.450. The summed E-state index contributed by atoms with van der Waals surface area (Å²) in [6, 6.07) is 9.37. The van der Waals surface area contributed by atoms with Gasteiger partial charge in [-0.15, -0.1) is 0 Å². The number of aromatic nitrogens is 2. The summed E-state index contributed by atoms with van der Waals surface area (Å²) in [6.45, 7) is 4.69. The standard InChI is InChI=1S/C20H26N4O3/c1-15-22-18(24-9-3-4-10-24)14-20(23-15)27-11-8-21-19(25)13-16-6-5-7-17(12-16)26-2/h5-7,12,14H,3-4,8-11,13H2,1-2H3,(H,21,25). The summed E-state index contributed by atoms with van der Waals surface area (Å²) < 4.78 is 10.9. The summed E-state index contributed by atoms with van der Waals surface area (Å²) in [6.07, 6.45) is 2.69. The molecule has 0 aliphatic carbocycles. The van der Waals surface area contributed by atoms with E-state index in [2.05, 4.69) is 20.2 Å². The number of carbonyl (C=O) groups is 1. The first-order valence-electron chi connectivity index (χ1n) is 9.27. The van der Waals surface area contributed by atoms with Gasteiger partial charge in [-0.05, 0) is 37.5 Å². The van der Waals surface area contributed by atoms with Gasteiger partial charge in [0.15, 0.2) is 0 Å². The number of rotatable bonds is 8. The topological polar surface area (TPSA) is 76.6 Å². The Morgan fingerprint density at radius 3 is 2.81 bits per heavy atom. The lowest BCUT2D eigenvalue weighted by Crippen LogP contribution is -2.29. The lowest BCUT2D eigenvalue weighted by Gasteiger charge is -2.17. The third-order valence-corrected chi connectivity index (χ3v) is 4.40. The van der Waals surface area contributed by atoms with Crippen LogP contribution in [0.5, 0.6) is 11.6 Å². The summed E-state index contributed by atoms with van der Waals surface area (Å²) >= 11 is 0. The fourth-order valence-electron chi connectivity index (χ4n) is 3.08. The van der Waals surface area contributed by atoms with E-state index in [1.54, 1.807) is 7.11 Å². The molecule has 0 saturated carbocycles. The van der Waals surface area contributed by atoms with E-state index in [-0.39, 0.29) is 5.91 Å². The quantitative estimate of drug-likeness (QED) is 0.718. The monoisotopic (exact) mass is 370 g/mol. The number of methoxy groups -OCH3 is 1. The average Bonchev–Trinajstić information content (AvgIpc) is 3.20. The van der Waals surface area contributed by atoms with Gasteiger partial charge >= 0.3 is 0 Å². The minimum Gasteiger partial charge on any atom is -0.497 e. The molecular formula is C20H26N4O3. The summed E-state index contributed by atoms with van der Waals surface area (Å²) in [7, 11) is 1.61. The largest absolute Gasteiger partial charge is 0.497 e. The number of carbonyl (C=O) groups excluding carboxylic acids is 1. The van der Waals surface area contributed by atoms with E-state index in [1.807, 2.05) is 37.3 Å². The van der Waals surface area contributed by atoms with Crippen molar-refractivity contribution < 1.29 is 14.3 Å². The smallest absolute Gasteiger partial charge is 0.224 e. The van der Waals surface area contributed by atoms with Crippen molar-refractivity contribution in [1.82, 2.24) is 15.3 Å². The van der Waals surface area contributed by atoms with Crippen molar-refractivity contribution in [3.63, 3.8) is 0 Å². The van der Waals surface area contributed by atoms with Crippen LogP contribution in [0, 0.1) is 6.92 Å². The highest BCUT2D eigenvalue weighted by atomic mass is 16.5. The molecule has 2 aromatic rings. The minimum absolute atomic E-state index is 0.0523. The van der Waals surface area contributed by atoms with E-state index < -0.39 is 0 Å². The molecule has 1 aromatic carbocycles. The van der Waals surface area contributed by atoms with Gasteiger partial charge in [-0.25, -0.2) is 4.98 Å². The predicted octanol–water partition coefficient (Wildman–Crippen LogP) is 2.13. The van der Waals surface area contributed by atoms with Crippen LogP contribution < -0.4 is 19.7 Å². The van der Waals surface area contributed by atoms with E-state index >= 15 is 0 Å². The van der Waals surface area contributed by atoms with E-state index in [0.29, 0.717) is 31.3 Å². The zero-order valence-corrected chi connectivity index (χ0v) is 15.9. The molecule has 1 amide bonds. The Balaban J connectivity index is 1.45. The number of hydrogen-bond acceptors (Lipinski definition) is 6. The Kier molecular flexibility index (Phi) is 6.46. The summed E-state index contributed by atoms with van der Waals surface area (Å²) in [5.41, 5.74) is 0.912. The molecular weight excluding hydrogens is 344 g/mol. The highest BCUT2D eigenvalue weighted by Crippen LogP contribution is 2.21. The number of benzene rings is 1. The summed E-state index contributed by atoms with van der Waals surface area (Å²) in [5, 5.41) is 2.86. The Labute approximate surface area is 159 Å². The average molecular weight is 370 g/mol. The molecule has 0 radical (unpaired) electrons. The van der Waals surface area contributed by atoms with Crippen molar-refractivity contribution in [3.8, 4) is 11.6 Å². The molecule has 1 aliphatic rings. The van der Waals surface area contributed by atoms with Crippen molar-refractivity contribution >= 4 is 11.7 Å². The molecule has 1 fully saturated rings. The maximum Gasteiger partial charge on any atom is 0.224 e. The number of anilines is 1. The van der Waals surface area contributed by atoms with Crippen LogP contribution in [0.3, 0.4) is 0 Å². The fourth-order valence-corrected chi connectivity index (χ4v) is 3.08. The Bertz CT molecular complexity index is 776. The SMILES string of the molecule is COc1cccc(CC(=O)NCCOc2cc(N3CCCC3)nc(C)n2)c1. The normalized spacial score (nSPS) is 13.5. The minimum atomic E-state index is -0.0523. The van der Waals surface area contributed by atoms with Crippen LogP contribution in [0.4, 0.5) is 5.82 Å². The Morgan fingerprint density at radius 1 is 1.22 bits per heavy atom. The lowest BCUT2D eigenvalue weighted by molar-refractivity contribution is -0.120. The van der Waals surface area contributed by atoms with Crippen molar-refractivity contribution in [2.24, 2.45) is 0 Å². The molecule has 0 spiro atoms. The molecule has 0 unspecified atom stereocenters. The van der Waals surface area contributed by atoms with Crippen molar-refractivity contribution in [3.05, 3.63) is 41.7 Å². The molecule has 1 saturated heterocycles. The van der Waals surface area contributed by atoms with Gasteiger partial charge < -0.3 is 19.7 Å². The molecule has 1 aromatic heterocycles. The molecule has 27 heavy (non-hydrogen) atoms. The van der Waals surface area contributed by atoms with Crippen LogP contribution in [0.25, 0.3) is 0 Å². The van der Waals surface area contributed by atoms with E-state index in [0.717, 1.165) is 30.2 Å². The molecule has 0 atom stereocenters. The van der Waals surface area contributed by atoms with Gasteiger partial charge in [0.2, 0.25) is 11.8 Å². The highest BCUT2D eigenvalue weighted by Gasteiger charge is 2.15. The maximum atomic E-state index is 12.1. The van der Waals surface area contributed by atoms with Crippen LogP contribution in [0.2, 0.25) is 0 Å². The van der Waals surface area contributed by atoms with Crippen LogP contribution in [0.15, 0.2) is 30.3 Å². The second-order valence-corrected chi connectivity index (χ2v) is 6.53. The van der Waals surface area contributed by atoms with E-state index in [9.17, 15) is 4.79 Å². The Morgan fingerprint density at radius 2 is 2.04 bits per heavy atom. The third kappa shape index (κ3) is 5.57. The zero-order chi connectivity index (χ0) is 19.1. The van der Waals surface area contributed by atoms with Gasteiger partial charge in [-0.1, -0.05) is 12.1 Å².